The highest BCUT2D eigenvalue weighted by atomic mass is 31.2. The van der Waals surface area contributed by atoms with Crippen molar-refractivity contribution in [3.05, 3.63) is 0 Å². The van der Waals surface area contributed by atoms with Crippen LogP contribution in [0.5, 0.6) is 0 Å². The molecular formula is C27H54NO5P. The number of rotatable bonds is 11. The van der Waals surface area contributed by atoms with Crippen molar-refractivity contribution in [2.75, 3.05) is 53.1 Å². The van der Waals surface area contributed by atoms with E-state index in [9.17, 15) is 9.46 Å². The zero-order valence-corrected chi connectivity index (χ0v) is 23.1. The summed E-state index contributed by atoms with van der Waals surface area (Å²) in [6.07, 6.45) is 24.0. The second kappa shape index (κ2) is 18.3. The number of morpholine rings is 1. The molecule has 2 fully saturated rings. The maximum atomic E-state index is 12.1. The molecule has 1 heterocycles. The first-order valence-electron chi connectivity index (χ1n) is 14.5. The quantitative estimate of drug-likeness (QED) is 0.180. The predicted octanol–water partition coefficient (Wildman–Crippen LogP) is 6.62. The third-order valence-electron chi connectivity index (χ3n) is 7.91. The van der Waals surface area contributed by atoms with Crippen LogP contribution in [-0.2, 0) is 18.3 Å². The van der Waals surface area contributed by atoms with E-state index < -0.39 is 7.82 Å². The number of quaternary nitrogens is 1. The van der Waals surface area contributed by atoms with Crippen LogP contribution in [0.4, 0.5) is 0 Å². The summed E-state index contributed by atoms with van der Waals surface area (Å²) in [7, 11) is -2.07. The van der Waals surface area contributed by atoms with E-state index in [0.717, 1.165) is 49.5 Å². The van der Waals surface area contributed by atoms with Crippen molar-refractivity contribution in [1.82, 2.24) is 0 Å². The van der Waals surface area contributed by atoms with Crippen molar-refractivity contribution in [2.45, 2.75) is 116 Å². The lowest BCUT2D eigenvalue weighted by Gasteiger charge is -2.37. The number of phosphoric acid groups is 1. The molecule has 6 nitrogen and oxygen atoms in total. The molecule has 0 N–H and O–H groups in total. The average Bonchev–Trinajstić information content (AvgIpc) is 2.81. The normalized spacial score (nSPS) is 24.1. The molecule has 0 amide bonds. The molecule has 1 aliphatic heterocycles. The molecule has 2 aliphatic rings. The average molecular weight is 504 g/mol. The summed E-state index contributed by atoms with van der Waals surface area (Å²) in [5.41, 5.74) is 0. The Morgan fingerprint density at radius 2 is 1.26 bits per heavy atom. The number of hydrogen-bond donors (Lipinski definition) is 0. The van der Waals surface area contributed by atoms with Gasteiger partial charge in [0.2, 0.25) is 0 Å². The van der Waals surface area contributed by atoms with Crippen LogP contribution < -0.4 is 4.89 Å². The zero-order valence-electron chi connectivity index (χ0n) is 22.2. The molecule has 1 aliphatic carbocycles. The minimum atomic E-state index is -4.19. The van der Waals surface area contributed by atoms with Crippen LogP contribution in [0.3, 0.4) is 0 Å². The number of likely N-dealkylation sites (N-methyl/N-ethyl adjacent to an activating group) is 1. The fourth-order valence-electron chi connectivity index (χ4n) is 5.37. The Hall–Kier alpha value is 0.0300. The first kappa shape index (κ1) is 30.3. The van der Waals surface area contributed by atoms with Gasteiger partial charge in [0.15, 0.2) is 0 Å². The summed E-state index contributed by atoms with van der Waals surface area (Å²) >= 11 is 0. The smallest absolute Gasteiger partial charge is 0.268 e. The van der Waals surface area contributed by atoms with Crippen molar-refractivity contribution in [1.29, 1.82) is 0 Å². The molecule has 34 heavy (non-hydrogen) atoms. The maximum Gasteiger partial charge on any atom is 0.268 e. The van der Waals surface area contributed by atoms with Crippen molar-refractivity contribution in [3.8, 4) is 0 Å². The van der Waals surface area contributed by atoms with Gasteiger partial charge in [-0.1, -0.05) is 109 Å². The van der Waals surface area contributed by atoms with E-state index in [1.54, 1.807) is 0 Å². The molecule has 0 aromatic heterocycles. The van der Waals surface area contributed by atoms with Gasteiger partial charge in [0, 0.05) is 0 Å². The van der Waals surface area contributed by atoms with Crippen molar-refractivity contribution < 1.29 is 27.7 Å². The second-order valence-electron chi connectivity index (χ2n) is 11.1. The van der Waals surface area contributed by atoms with E-state index in [4.69, 9.17) is 13.8 Å². The summed E-state index contributed by atoms with van der Waals surface area (Å²) in [4.78, 5) is 12.1. The van der Waals surface area contributed by atoms with Gasteiger partial charge >= 0.3 is 0 Å². The van der Waals surface area contributed by atoms with Gasteiger partial charge in [0.1, 0.15) is 26.2 Å². The molecule has 0 aromatic rings. The lowest BCUT2D eigenvalue weighted by Crippen LogP contribution is -2.53. The fourth-order valence-corrected chi connectivity index (χ4v) is 6.11. The van der Waals surface area contributed by atoms with E-state index in [0.29, 0.717) is 6.54 Å². The van der Waals surface area contributed by atoms with Crippen LogP contribution in [0, 0.1) is 5.92 Å². The van der Waals surface area contributed by atoms with E-state index in [1.807, 2.05) is 0 Å². The third-order valence-corrected chi connectivity index (χ3v) is 8.91. The van der Waals surface area contributed by atoms with Gasteiger partial charge < -0.3 is 23.2 Å². The summed E-state index contributed by atoms with van der Waals surface area (Å²) in [5.74, 6) is 0.852. The fraction of sp³-hybridized carbons (Fsp3) is 1.00. The molecule has 0 radical (unpaired) electrons. The second-order valence-corrected chi connectivity index (χ2v) is 12.5. The van der Waals surface area contributed by atoms with Crippen molar-refractivity contribution in [3.63, 3.8) is 0 Å². The highest BCUT2D eigenvalue weighted by Gasteiger charge is 2.25. The monoisotopic (exact) mass is 503 g/mol. The summed E-state index contributed by atoms with van der Waals surface area (Å²) in [6, 6.07) is 0. The highest BCUT2D eigenvalue weighted by Crippen LogP contribution is 2.38. The molecule has 1 atom stereocenters. The SMILES string of the molecule is C[N+]1(CCOP(=O)([O-])OCCCCCC2CCCCCCCCCCCCCC2)CCOCC1. The molecular weight excluding hydrogens is 449 g/mol. The molecule has 1 saturated carbocycles. The molecule has 0 spiro atoms. The molecule has 1 saturated heterocycles. The van der Waals surface area contributed by atoms with E-state index in [1.165, 1.54) is 103 Å². The predicted molar refractivity (Wildman–Crippen MR) is 138 cm³/mol. The molecule has 0 bridgehead atoms. The lowest BCUT2D eigenvalue weighted by atomic mass is 9.90. The number of unbranched alkanes of at least 4 members (excludes halogenated alkanes) is 2. The molecule has 1 unspecified atom stereocenters. The van der Waals surface area contributed by atoms with E-state index >= 15 is 0 Å². The zero-order chi connectivity index (χ0) is 24.4. The topological polar surface area (TPSA) is 67.8 Å². The molecule has 2 rings (SSSR count). The summed E-state index contributed by atoms with van der Waals surface area (Å²) in [5, 5.41) is 0. The number of hydrogen-bond acceptors (Lipinski definition) is 5. The summed E-state index contributed by atoms with van der Waals surface area (Å²) in [6.45, 7) is 4.33. The molecule has 0 aromatic carbocycles. The van der Waals surface area contributed by atoms with Crippen LogP contribution in [0.25, 0.3) is 0 Å². The van der Waals surface area contributed by atoms with E-state index in [-0.39, 0.29) is 13.2 Å². The van der Waals surface area contributed by atoms with Gasteiger partial charge in [-0.25, -0.2) is 0 Å². The van der Waals surface area contributed by atoms with Gasteiger partial charge in [-0.2, -0.15) is 0 Å². The maximum absolute atomic E-state index is 12.1. The largest absolute Gasteiger partial charge is 0.756 e. The van der Waals surface area contributed by atoms with Crippen LogP contribution in [0.1, 0.15) is 116 Å². The van der Waals surface area contributed by atoms with Gasteiger partial charge in [-0.05, 0) is 12.3 Å². The number of nitrogens with zero attached hydrogens (tertiary/aromatic N) is 1. The first-order valence-corrected chi connectivity index (χ1v) is 16.0. The van der Waals surface area contributed by atoms with Gasteiger partial charge in [-0.3, -0.25) is 4.57 Å². The Morgan fingerprint density at radius 1 is 0.765 bits per heavy atom. The Balaban J connectivity index is 1.54. The molecule has 7 heteroatoms. The standard InChI is InChI=1S/C27H54NO5P/c1-28(20-24-31-25-21-28)22-26-33-34(29,30)32-23-16-12-15-19-27-17-13-10-8-6-4-2-3-5-7-9-11-14-18-27/h27H,2-26H2,1H3. The minimum absolute atomic E-state index is 0.180. The van der Waals surface area contributed by atoms with Crippen LogP contribution in [-0.4, -0.2) is 57.6 Å². The van der Waals surface area contributed by atoms with Crippen molar-refractivity contribution >= 4 is 7.82 Å². The Bertz CT molecular complexity index is 525. The Kier molecular flexibility index (Phi) is 16.3. The summed E-state index contributed by atoms with van der Waals surface area (Å²) < 4.78 is 28.5. The Morgan fingerprint density at radius 3 is 1.82 bits per heavy atom. The lowest BCUT2D eigenvalue weighted by molar-refractivity contribution is -0.916. The van der Waals surface area contributed by atoms with Crippen LogP contribution in [0.15, 0.2) is 0 Å². The van der Waals surface area contributed by atoms with Gasteiger partial charge in [-0.15, -0.1) is 0 Å². The first-order chi connectivity index (χ1) is 16.5. The van der Waals surface area contributed by atoms with Crippen molar-refractivity contribution in [2.24, 2.45) is 5.92 Å². The molecule has 202 valence electrons. The van der Waals surface area contributed by atoms with Gasteiger partial charge in [0.05, 0.1) is 26.9 Å². The van der Waals surface area contributed by atoms with Crippen LogP contribution in [0.2, 0.25) is 0 Å². The number of phosphoric ester groups is 1. The Labute approximate surface area is 210 Å². The highest BCUT2D eigenvalue weighted by molar-refractivity contribution is 7.45. The minimum Gasteiger partial charge on any atom is -0.756 e. The number of ether oxygens (including phenoxy) is 1. The van der Waals surface area contributed by atoms with Gasteiger partial charge in [0.25, 0.3) is 7.82 Å². The van der Waals surface area contributed by atoms with E-state index in [2.05, 4.69) is 7.05 Å². The third kappa shape index (κ3) is 15.2. The van der Waals surface area contributed by atoms with Crippen LogP contribution >= 0.6 is 7.82 Å².